The van der Waals surface area contributed by atoms with E-state index in [2.05, 4.69) is 118 Å². The van der Waals surface area contributed by atoms with Gasteiger partial charge in [-0.05, 0) is 127 Å². The van der Waals surface area contributed by atoms with Crippen LogP contribution in [0.15, 0.2) is 85.6 Å². The Morgan fingerprint density at radius 2 is 1.55 bits per heavy atom. The molecule has 0 aliphatic heterocycles. The number of allylic oxidation sites excluding steroid dienone is 9. The molecule has 0 amide bonds. The largest absolute Gasteiger partial charge is 0.394 e. The van der Waals surface area contributed by atoms with Gasteiger partial charge in [0, 0.05) is 6.04 Å². The lowest BCUT2D eigenvalue weighted by Crippen LogP contribution is -2.56. The van der Waals surface area contributed by atoms with Gasteiger partial charge in [-0.25, -0.2) is 0 Å². The molecular weight excluding hydrogens is 679 g/mol. The van der Waals surface area contributed by atoms with Crippen LogP contribution in [0.1, 0.15) is 210 Å². The van der Waals surface area contributed by atoms with Crippen molar-refractivity contribution in [1.29, 1.82) is 0 Å². The SMILES string of the molecule is C=C(C/C=C(\C)CCCCCC(CC)CC(C)C(/C=C\CC)(CO)NC(CCC)CCCC)CC[C@@H](C)C/C(C)=C/C1CCCC(CC)C1.C=CC.C=CC=C. The molecule has 1 fully saturated rings. The van der Waals surface area contributed by atoms with E-state index in [0.717, 1.165) is 42.9 Å². The van der Waals surface area contributed by atoms with Gasteiger partial charge in [-0.15, -0.1) is 6.58 Å². The topological polar surface area (TPSA) is 32.3 Å². The Kier molecular flexibility index (Phi) is 37.5. The minimum Gasteiger partial charge on any atom is -0.394 e. The minimum atomic E-state index is -0.315. The lowest BCUT2D eigenvalue weighted by atomic mass is 9.76. The molecule has 7 atom stereocenters. The Bertz CT molecular complexity index is 1060. The first-order chi connectivity index (χ1) is 26.9. The molecule has 2 N–H and O–H groups in total. The summed E-state index contributed by atoms with van der Waals surface area (Å²) in [7, 11) is 0. The maximum Gasteiger partial charge on any atom is 0.0652 e. The normalized spacial score (nSPS) is 19.3. The maximum absolute atomic E-state index is 10.8. The molecule has 0 aromatic heterocycles. The number of aliphatic hydroxyl groups excluding tert-OH is 1. The fraction of sp³-hybridized carbons (Fsp3) is 0.741. The molecule has 0 aromatic rings. The summed E-state index contributed by atoms with van der Waals surface area (Å²) in [4.78, 5) is 0. The molecule has 2 heteroatoms. The van der Waals surface area contributed by atoms with E-state index in [4.69, 9.17) is 0 Å². The van der Waals surface area contributed by atoms with E-state index in [9.17, 15) is 5.11 Å². The molecule has 0 aromatic carbocycles. The fourth-order valence-electron chi connectivity index (χ4n) is 8.57. The van der Waals surface area contributed by atoms with Gasteiger partial charge in [-0.1, -0.05) is 192 Å². The van der Waals surface area contributed by atoms with E-state index in [1.807, 2.05) is 6.92 Å². The molecule has 56 heavy (non-hydrogen) atoms. The Hall–Kier alpha value is -1.90. The molecule has 0 radical (unpaired) electrons. The number of nitrogens with one attached hydrogen (secondary N) is 1. The van der Waals surface area contributed by atoms with Crippen LogP contribution < -0.4 is 5.32 Å². The van der Waals surface area contributed by atoms with E-state index >= 15 is 0 Å². The summed E-state index contributed by atoms with van der Waals surface area (Å²) in [5.74, 6) is 3.66. The van der Waals surface area contributed by atoms with Gasteiger partial charge in [0.2, 0.25) is 0 Å². The maximum atomic E-state index is 10.8. The molecule has 1 rings (SSSR count). The van der Waals surface area contributed by atoms with Gasteiger partial charge in [0.25, 0.3) is 0 Å². The standard InChI is InChI=1S/C47H87NO.C4H6.C3H6/c1-11-16-27-46(22-13-3)48-47(37-49,32-17-12-2)42(10)35-43(14-4)24-20-18-19-23-38(6)28-29-39(7)30-31-40(8)33-41(9)34-45-26-21-25-44(15-5)36-45;1-3-4-2;1-3-2/h17,28,32,34,40,42-46,48-49H,7,11-16,18-27,29-31,33,35-37H2,1-6,8-10H3;3-4H,1-2H2;3H,1H2,2H3/b32-17-,38-28+,41-34+;;/t40-,42?,43?,44?,45?,46?,47?;;/m1../s1. The van der Waals surface area contributed by atoms with Crippen LogP contribution >= 0.6 is 0 Å². The van der Waals surface area contributed by atoms with Crippen LogP contribution in [0.2, 0.25) is 0 Å². The van der Waals surface area contributed by atoms with Gasteiger partial charge < -0.3 is 10.4 Å². The van der Waals surface area contributed by atoms with Crippen molar-refractivity contribution in [3.63, 3.8) is 0 Å². The van der Waals surface area contributed by atoms with Crippen molar-refractivity contribution in [3.05, 3.63) is 85.6 Å². The van der Waals surface area contributed by atoms with Crippen molar-refractivity contribution in [3.8, 4) is 0 Å². The lowest BCUT2D eigenvalue weighted by Gasteiger charge is -2.41. The van der Waals surface area contributed by atoms with Crippen molar-refractivity contribution >= 4 is 0 Å². The highest BCUT2D eigenvalue weighted by Crippen LogP contribution is 2.34. The number of hydrogen-bond acceptors (Lipinski definition) is 2. The number of hydrogen-bond donors (Lipinski definition) is 2. The quantitative estimate of drug-likeness (QED) is 0.0432. The zero-order valence-electron chi connectivity index (χ0n) is 39.5. The van der Waals surface area contributed by atoms with Gasteiger partial charge >= 0.3 is 0 Å². The predicted molar refractivity (Wildman–Crippen MR) is 258 cm³/mol. The van der Waals surface area contributed by atoms with Gasteiger partial charge in [0.1, 0.15) is 0 Å². The summed E-state index contributed by atoms with van der Waals surface area (Å²) in [6, 6.07) is 0.481. The molecule has 0 spiro atoms. The molecular formula is C54H99NO. The van der Waals surface area contributed by atoms with Gasteiger partial charge in [0.15, 0.2) is 0 Å². The van der Waals surface area contributed by atoms with Crippen LogP contribution in [0.3, 0.4) is 0 Å². The third kappa shape index (κ3) is 28.5. The Balaban J connectivity index is 0. The van der Waals surface area contributed by atoms with Crippen molar-refractivity contribution in [2.45, 2.75) is 222 Å². The van der Waals surface area contributed by atoms with Crippen molar-refractivity contribution in [2.24, 2.45) is 29.6 Å². The van der Waals surface area contributed by atoms with Gasteiger partial charge in [0.05, 0.1) is 12.1 Å². The summed E-state index contributed by atoms with van der Waals surface area (Å²) in [6.07, 6.45) is 42.4. The number of rotatable bonds is 30. The van der Waals surface area contributed by atoms with E-state index in [1.165, 1.54) is 133 Å². The summed E-state index contributed by atoms with van der Waals surface area (Å²) in [6.45, 7) is 37.6. The van der Waals surface area contributed by atoms with Crippen molar-refractivity contribution in [1.82, 2.24) is 5.32 Å². The summed E-state index contributed by atoms with van der Waals surface area (Å²) in [5.41, 5.74) is 4.25. The van der Waals surface area contributed by atoms with Crippen LogP contribution in [-0.2, 0) is 0 Å². The van der Waals surface area contributed by atoms with Gasteiger partial charge in [-0.3, -0.25) is 0 Å². The second-order valence-electron chi connectivity index (χ2n) is 17.7. The molecule has 2 nitrogen and oxygen atoms in total. The van der Waals surface area contributed by atoms with Gasteiger partial charge in [-0.2, -0.15) is 0 Å². The van der Waals surface area contributed by atoms with Crippen molar-refractivity contribution in [2.75, 3.05) is 6.61 Å². The van der Waals surface area contributed by atoms with E-state index in [1.54, 1.807) is 23.8 Å². The summed E-state index contributed by atoms with van der Waals surface area (Å²) >= 11 is 0. The molecule has 1 saturated carbocycles. The van der Waals surface area contributed by atoms with Crippen LogP contribution in [0.4, 0.5) is 0 Å². The summed E-state index contributed by atoms with van der Waals surface area (Å²) < 4.78 is 0. The zero-order valence-corrected chi connectivity index (χ0v) is 39.5. The zero-order chi connectivity index (χ0) is 42.6. The first-order valence-electron chi connectivity index (χ1n) is 23.7. The van der Waals surface area contributed by atoms with E-state index in [-0.39, 0.29) is 12.1 Å². The molecule has 0 saturated heterocycles. The van der Waals surface area contributed by atoms with E-state index < -0.39 is 0 Å². The Morgan fingerprint density at radius 3 is 2.12 bits per heavy atom. The highest BCUT2D eigenvalue weighted by Gasteiger charge is 2.35. The third-order valence-corrected chi connectivity index (χ3v) is 12.2. The first-order valence-corrected chi connectivity index (χ1v) is 23.7. The first kappa shape index (κ1) is 56.2. The molecule has 1 aliphatic carbocycles. The molecule has 1 aliphatic rings. The Morgan fingerprint density at radius 1 is 0.857 bits per heavy atom. The van der Waals surface area contributed by atoms with Crippen molar-refractivity contribution < 1.29 is 5.11 Å². The number of aliphatic hydroxyl groups is 1. The number of unbranched alkanes of at least 4 members (excludes halogenated alkanes) is 3. The predicted octanol–water partition coefficient (Wildman–Crippen LogP) is 17.0. The van der Waals surface area contributed by atoms with Crippen LogP contribution in [0.25, 0.3) is 0 Å². The minimum absolute atomic E-state index is 0.182. The smallest absolute Gasteiger partial charge is 0.0652 e. The molecule has 326 valence electrons. The van der Waals surface area contributed by atoms with Crippen LogP contribution in [-0.4, -0.2) is 23.3 Å². The Labute approximate surface area is 353 Å². The third-order valence-electron chi connectivity index (χ3n) is 12.2. The molecule has 0 heterocycles. The van der Waals surface area contributed by atoms with E-state index in [0.29, 0.717) is 12.0 Å². The average Bonchev–Trinajstić information content (AvgIpc) is 3.19. The second-order valence-corrected chi connectivity index (χ2v) is 17.7. The highest BCUT2D eigenvalue weighted by molar-refractivity contribution is 5.11. The van der Waals surface area contributed by atoms with Crippen LogP contribution in [0.5, 0.6) is 0 Å². The lowest BCUT2D eigenvalue weighted by molar-refractivity contribution is 0.116. The highest BCUT2D eigenvalue weighted by atomic mass is 16.3. The second kappa shape index (κ2) is 37.4. The summed E-state index contributed by atoms with van der Waals surface area (Å²) in [5, 5.41) is 14.8. The van der Waals surface area contributed by atoms with Crippen LogP contribution in [0, 0.1) is 29.6 Å². The fourth-order valence-corrected chi connectivity index (χ4v) is 8.57. The monoisotopic (exact) mass is 778 g/mol. The molecule has 0 bridgehead atoms. The average molecular weight is 778 g/mol. The molecule has 6 unspecified atom stereocenters.